The van der Waals surface area contributed by atoms with Crippen LogP contribution >= 0.6 is 24.0 Å². The molecule has 0 bridgehead atoms. The predicted molar refractivity (Wildman–Crippen MR) is 76.6 cm³/mol. The number of nitrogens with one attached hydrogen (secondary N) is 1. The van der Waals surface area contributed by atoms with E-state index in [-0.39, 0.29) is 30.1 Å². The van der Waals surface area contributed by atoms with Crippen molar-refractivity contribution in [2.24, 2.45) is 0 Å². The molecule has 0 aromatic heterocycles. The van der Waals surface area contributed by atoms with E-state index in [4.69, 9.17) is 16.7 Å². The summed E-state index contributed by atoms with van der Waals surface area (Å²) in [5, 5.41) is 11.5. The lowest BCUT2D eigenvalue weighted by Crippen LogP contribution is -2.29. The van der Waals surface area contributed by atoms with Crippen molar-refractivity contribution in [2.75, 3.05) is 13.2 Å². The van der Waals surface area contributed by atoms with Gasteiger partial charge in [-0.25, -0.2) is 0 Å². The summed E-state index contributed by atoms with van der Waals surface area (Å²) in [6.07, 6.45) is -3.33. The Hall–Kier alpha value is -0.490. The topological polar surface area (TPSA) is 32.3 Å². The van der Waals surface area contributed by atoms with Crippen molar-refractivity contribution in [3.8, 4) is 0 Å². The standard InChI is InChI=1S/C13H17ClF3NO.ClH/c1-9(18-5-2-6-19)7-10-3-4-12(14)11(8-10)13(15,16)17;/h3-4,8-9,18-19H,2,5-7H2,1H3;1H. The van der Waals surface area contributed by atoms with Gasteiger partial charge in [0.15, 0.2) is 0 Å². The van der Waals surface area contributed by atoms with E-state index in [1.165, 1.54) is 6.07 Å². The zero-order chi connectivity index (χ0) is 14.5. The summed E-state index contributed by atoms with van der Waals surface area (Å²) in [5.74, 6) is 0. The van der Waals surface area contributed by atoms with Gasteiger partial charge in [-0.3, -0.25) is 0 Å². The lowest BCUT2D eigenvalue weighted by atomic mass is 10.0. The molecule has 1 atom stereocenters. The second kappa shape index (κ2) is 8.72. The maximum absolute atomic E-state index is 12.7. The Kier molecular flexibility index (Phi) is 8.51. The smallest absolute Gasteiger partial charge is 0.396 e. The number of aliphatic hydroxyl groups excluding tert-OH is 1. The minimum absolute atomic E-state index is 0. The van der Waals surface area contributed by atoms with E-state index < -0.39 is 11.7 Å². The van der Waals surface area contributed by atoms with Gasteiger partial charge in [-0.15, -0.1) is 12.4 Å². The highest BCUT2D eigenvalue weighted by molar-refractivity contribution is 6.31. The van der Waals surface area contributed by atoms with Gasteiger partial charge in [-0.1, -0.05) is 17.7 Å². The fourth-order valence-electron chi connectivity index (χ4n) is 1.77. The summed E-state index contributed by atoms with van der Waals surface area (Å²) in [4.78, 5) is 0. The van der Waals surface area contributed by atoms with Crippen molar-refractivity contribution in [3.05, 3.63) is 34.3 Å². The van der Waals surface area contributed by atoms with Gasteiger partial charge < -0.3 is 10.4 Å². The largest absolute Gasteiger partial charge is 0.417 e. The van der Waals surface area contributed by atoms with Crippen LogP contribution in [0.15, 0.2) is 18.2 Å². The van der Waals surface area contributed by atoms with Crippen LogP contribution in [0, 0.1) is 0 Å². The Labute approximate surface area is 127 Å². The number of alkyl halides is 3. The lowest BCUT2D eigenvalue weighted by Gasteiger charge is -2.15. The number of halogens is 5. The average Bonchev–Trinajstić information content (AvgIpc) is 2.30. The third-order valence-corrected chi connectivity index (χ3v) is 3.04. The molecule has 7 heteroatoms. The van der Waals surface area contributed by atoms with Gasteiger partial charge in [0.05, 0.1) is 10.6 Å². The summed E-state index contributed by atoms with van der Waals surface area (Å²) < 4.78 is 38.1. The van der Waals surface area contributed by atoms with E-state index in [0.717, 1.165) is 6.07 Å². The summed E-state index contributed by atoms with van der Waals surface area (Å²) in [6.45, 7) is 2.62. The zero-order valence-corrected chi connectivity index (χ0v) is 12.6. The van der Waals surface area contributed by atoms with Crippen LogP contribution in [0.3, 0.4) is 0 Å². The SMILES string of the molecule is CC(Cc1ccc(Cl)c(C(F)(F)F)c1)NCCCO.Cl. The number of aliphatic hydroxyl groups is 1. The fraction of sp³-hybridized carbons (Fsp3) is 0.538. The van der Waals surface area contributed by atoms with E-state index in [2.05, 4.69) is 5.32 Å². The molecule has 0 spiro atoms. The third-order valence-electron chi connectivity index (χ3n) is 2.71. The first-order valence-electron chi connectivity index (χ1n) is 6.04. The Bertz CT molecular complexity index is 413. The van der Waals surface area contributed by atoms with Crippen LogP contribution in [0.25, 0.3) is 0 Å². The minimum Gasteiger partial charge on any atom is -0.396 e. The van der Waals surface area contributed by atoms with E-state index in [1.54, 1.807) is 6.07 Å². The van der Waals surface area contributed by atoms with Crippen molar-refractivity contribution < 1.29 is 18.3 Å². The lowest BCUT2D eigenvalue weighted by molar-refractivity contribution is -0.137. The molecule has 1 aromatic carbocycles. The molecule has 116 valence electrons. The average molecular weight is 332 g/mol. The number of hydrogen-bond acceptors (Lipinski definition) is 2. The Morgan fingerprint density at radius 3 is 2.55 bits per heavy atom. The van der Waals surface area contributed by atoms with Gasteiger partial charge in [-0.05, 0) is 44.0 Å². The highest BCUT2D eigenvalue weighted by atomic mass is 35.5. The minimum atomic E-state index is -4.43. The van der Waals surface area contributed by atoms with Crippen molar-refractivity contribution in [1.29, 1.82) is 0 Å². The molecule has 0 saturated heterocycles. The molecular formula is C13H18Cl2F3NO. The Morgan fingerprint density at radius 1 is 1.35 bits per heavy atom. The fourth-order valence-corrected chi connectivity index (χ4v) is 1.99. The first-order chi connectivity index (χ1) is 8.84. The molecule has 0 saturated carbocycles. The maximum Gasteiger partial charge on any atom is 0.417 e. The Morgan fingerprint density at radius 2 is 2.00 bits per heavy atom. The molecule has 0 fully saturated rings. The van der Waals surface area contributed by atoms with Crippen molar-refractivity contribution in [1.82, 2.24) is 5.32 Å². The van der Waals surface area contributed by atoms with Gasteiger partial charge in [0.2, 0.25) is 0 Å². The number of hydrogen-bond donors (Lipinski definition) is 2. The summed E-state index contributed by atoms with van der Waals surface area (Å²) in [7, 11) is 0. The normalized spacial score (nSPS) is 12.9. The van der Waals surface area contributed by atoms with Crippen LogP contribution in [-0.2, 0) is 12.6 Å². The Balaban J connectivity index is 0.00000361. The molecule has 0 radical (unpaired) electrons. The van der Waals surface area contributed by atoms with Gasteiger partial charge in [-0.2, -0.15) is 13.2 Å². The molecule has 0 aliphatic carbocycles. The molecule has 2 nitrogen and oxygen atoms in total. The number of benzene rings is 1. The zero-order valence-electron chi connectivity index (χ0n) is 11.0. The summed E-state index contributed by atoms with van der Waals surface area (Å²) in [6, 6.07) is 4.00. The molecule has 1 unspecified atom stereocenters. The van der Waals surface area contributed by atoms with Gasteiger partial charge in [0, 0.05) is 12.6 Å². The van der Waals surface area contributed by atoms with Gasteiger partial charge in [0.1, 0.15) is 0 Å². The molecule has 1 aromatic rings. The third kappa shape index (κ3) is 6.31. The predicted octanol–water partition coefficient (Wildman–Crippen LogP) is 3.68. The molecule has 0 heterocycles. The molecule has 0 aliphatic heterocycles. The molecule has 1 rings (SSSR count). The maximum atomic E-state index is 12.7. The van der Waals surface area contributed by atoms with Crippen LogP contribution in [0.5, 0.6) is 0 Å². The van der Waals surface area contributed by atoms with Crippen LogP contribution in [-0.4, -0.2) is 24.3 Å². The van der Waals surface area contributed by atoms with Gasteiger partial charge in [0.25, 0.3) is 0 Å². The van der Waals surface area contributed by atoms with Gasteiger partial charge >= 0.3 is 6.18 Å². The van der Waals surface area contributed by atoms with Crippen LogP contribution < -0.4 is 5.32 Å². The molecule has 2 N–H and O–H groups in total. The summed E-state index contributed by atoms with van der Waals surface area (Å²) >= 11 is 5.56. The van der Waals surface area contributed by atoms with Crippen LogP contribution in [0.1, 0.15) is 24.5 Å². The van der Waals surface area contributed by atoms with Crippen LogP contribution in [0.4, 0.5) is 13.2 Å². The van der Waals surface area contributed by atoms with Crippen LogP contribution in [0.2, 0.25) is 5.02 Å². The monoisotopic (exact) mass is 331 g/mol. The summed E-state index contributed by atoms with van der Waals surface area (Å²) in [5.41, 5.74) is -0.213. The molecular weight excluding hydrogens is 314 g/mol. The highest BCUT2D eigenvalue weighted by Gasteiger charge is 2.33. The second-order valence-corrected chi connectivity index (χ2v) is 4.86. The quantitative estimate of drug-likeness (QED) is 0.779. The van der Waals surface area contributed by atoms with E-state index in [0.29, 0.717) is 24.9 Å². The number of rotatable bonds is 6. The molecule has 0 amide bonds. The first kappa shape index (κ1) is 19.5. The van der Waals surface area contributed by atoms with E-state index >= 15 is 0 Å². The van der Waals surface area contributed by atoms with E-state index in [9.17, 15) is 13.2 Å². The first-order valence-corrected chi connectivity index (χ1v) is 6.42. The highest BCUT2D eigenvalue weighted by Crippen LogP contribution is 2.35. The van der Waals surface area contributed by atoms with Crippen molar-refractivity contribution >= 4 is 24.0 Å². The molecule has 0 aliphatic rings. The van der Waals surface area contributed by atoms with Crippen molar-refractivity contribution in [2.45, 2.75) is 32.0 Å². The van der Waals surface area contributed by atoms with Crippen molar-refractivity contribution in [3.63, 3.8) is 0 Å². The second-order valence-electron chi connectivity index (χ2n) is 4.45. The van der Waals surface area contributed by atoms with E-state index in [1.807, 2.05) is 6.92 Å². The molecule has 20 heavy (non-hydrogen) atoms.